The molecule has 1 fully saturated rings. The van der Waals surface area contributed by atoms with E-state index in [1.807, 2.05) is 30.5 Å². The number of aromatic nitrogens is 4. The Labute approximate surface area is 190 Å². The molecule has 1 aliphatic rings. The topological polar surface area (TPSA) is 69.7 Å². The third-order valence-corrected chi connectivity index (χ3v) is 5.93. The van der Waals surface area contributed by atoms with Gasteiger partial charge in [-0.3, -0.25) is 20.0 Å². The van der Waals surface area contributed by atoms with Gasteiger partial charge in [0.1, 0.15) is 5.69 Å². The van der Waals surface area contributed by atoms with E-state index in [9.17, 15) is 8.78 Å². The van der Waals surface area contributed by atoms with Gasteiger partial charge >= 0.3 is 0 Å². The van der Waals surface area contributed by atoms with Crippen LogP contribution in [0.25, 0.3) is 27.7 Å². The first-order chi connectivity index (χ1) is 16.0. The molecule has 3 aromatic heterocycles. The summed E-state index contributed by atoms with van der Waals surface area (Å²) < 4.78 is 26.9. The molecular weight excluding hydrogens is 422 g/mol. The summed E-state index contributed by atoms with van der Waals surface area (Å²) in [6.45, 7) is 5.55. The number of rotatable bonds is 6. The molecule has 8 heteroatoms. The molecule has 0 unspecified atom stereocenters. The summed E-state index contributed by atoms with van der Waals surface area (Å²) in [6.07, 6.45) is 6.89. The number of pyridine rings is 2. The zero-order valence-corrected chi connectivity index (χ0v) is 18.1. The highest BCUT2D eigenvalue weighted by atomic mass is 19.3. The Morgan fingerprint density at radius 1 is 1.06 bits per heavy atom. The van der Waals surface area contributed by atoms with Crippen molar-refractivity contribution in [3.05, 3.63) is 79.0 Å². The molecule has 0 atom stereocenters. The standard InChI is InChI=1S/C25H24F2N6/c1-17(30-21-3-2-8-28-15-21)24-22-12-19(4-5-23(22)31-32-24)20-11-18(13-29-14-20)16-33-9-6-25(26,27)7-10-33/h2-5,8,11-15,30H,1,6-7,9-10,16H2,(H,31,32). The van der Waals surface area contributed by atoms with Crippen molar-refractivity contribution in [2.75, 3.05) is 18.4 Å². The van der Waals surface area contributed by atoms with E-state index >= 15 is 0 Å². The third kappa shape index (κ3) is 4.75. The number of H-pyrrole nitrogens is 1. The smallest absolute Gasteiger partial charge is 0.250 e. The molecule has 0 radical (unpaired) electrons. The van der Waals surface area contributed by atoms with Crippen molar-refractivity contribution in [1.29, 1.82) is 0 Å². The Bertz CT molecular complexity index is 1270. The fraction of sp³-hybridized carbons (Fsp3) is 0.240. The molecule has 33 heavy (non-hydrogen) atoms. The number of hydrogen-bond donors (Lipinski definition) is 2. The first-order valence-electron chi connectivity index (χ1n) is 10.9. The SMILES string of the molecule is C=C(Nc1cccnc1)c1n[nH]c2ccc(-c3cncc(CN4CCC(F)(F)CC4)c3)cc12. The van der Waals surface area contributed by atoms with Gasteiger partial charge < -0.3 is 5.32 Å². The van der Waals surface area contributed by atoms with Crippen LogP contribution in [0.5, 0.6) is 0 Å². The van der Waals surface area contributed by atoms with Gasteiger partial charge in [-0.15, -0.1) is 0 Å². The van der Waals surface area contributed by atoms with Crippen molar-refractivity contribution >= 4 is 22.3 Å². The first-order valence-corrected chi connectivity index (χ1v) is 10.9. The number of benzene rings is 1. The fourth-order valence-electron chi connectivity index (χ4n) is 4.12. The van der Waals surface area contributed by atoms with Gasteiger partial charge in [0.05, 0.1) is 23.1 Å². The highest BCUT2D eigenvalue weighted by molar-refractivity contribution is 5.94. The van der Waals surface area contributed by atoms with Crippen molar-refractivity contribution in [2.45, 2.75) is 25.3 Å². The van der Waals surface area contributed by atoms with E-state index in [1.165, 1.54) is 0 Å². The summed E-state index contributed by atoms with van der Waals surface area (Å²) in [5, 5.41) is 11.7. The van der Waals surface area contributed by atoms with Crippen molar-refractivity contribution in [3.63, 3.8) is 0 Å². The molecule has 0 saturated carbocycles. The van der Waals surface area contributed by atoms with E-state index in [2.05, 4.69) is 49.1 Å². The number of fused-ring (bicyclic) bond motifs is 1. The van der Waals surface area contributed by atoms with Gasteiger partial charge in [-0.25, -0.2) is 8.78 Å². The number of nitrogens with one attached hydrogen (secondary N) is 2. The lowest BCUT2D eigenvalue weighted by molar-refractivity contribution is -0.0566. The largest absolute Gasteiger partial charge is 0.353 e. The molecule has 4 heterocycles. The number of piperidine rings is 1. The minimum absolute atomic E-state index is 0.0863. The van der Waals surface area contributed by atoms with Gasteiger partial charge in [-0.2, -0.15) is 5.10 Å². The summed E-state index contributed by atoms with van der Waals surface area (Å²) >= 11 is 0. The molecule has 168 valence electrons. The molecule has 0 aliphatic carbocycles. The third-order valence-electron chi connectivity index (χ3n) is 5.93. The number of halogens is 2. The lowest BCUT2D eigenvalue weighted by atomic mass is 10.0. The predicted molar refractivity (Wildman–Crippen MR) is 126 cm³/mol. The van der Waals surface area contributed by atoms with Crippen molar-refractivity contribution < 1.29 is 8.78 Å². The van der Waals surface area contributed by atoms with Crippen LogP contribution in [-0.4, -0.2) is 44.1 Å². The molecule has 0 spiro atoms. The fourth-order valence-corrected chi connectivity index (χ4v) is 4.12. The van der Waals surface area contributed by atoms with E-state index in [1.54, 1.807) is 18.6 Å². The van der Waals surface area contributed by atoms with Crippen LogP contribution in [0.15, 0.2) is 67.8 Å². The molecular formula is C25H24F2N6. The van der Waals surface area contributed by atoms with Crippen LogP contribution >= 0.6 is 0 Å². The van der Waals surface area contributed by atoms with Gasteiger partial charge in [0, 0.05) is 62.0 Å². The Balaban J connectivity index is 1.37. The van der Waals surface area contributed by atoms with E-state index in [4.69, 9.17) is 0 Å². The van der Waals surface area contributed by atoms with Crippen LogP contribution in [0.3, 0.4) is 0 Å². The van der Waals surface area contributed by atoms with Gasteiger partial charge in [0.25, 0.3) is 5.92 Å². The lowest BCUT2D eigenvalue weighted by Gasteiger charge is -2.31. The van der Waals surface area contributed by atoms with E-state index in [-0.39, 0.29) is 12.8 Å². The van der Waals surface area contributed by atoms with Gasteiger partial charge in [0.15, 0.2) is 0 Å². The van der Waals surface area contributed by atoms with Crippen molar-refractivity contribution in [1.82, 2.24) is 25.1 Å². The minimum atomic E-state index is -2.54. The average Bonchev–Trinajstić information content (AvgIpc) is 3.25. The highest BCUT2D eigenvalue weighted by Gasteiger charge is 2.33. The Kier molecular flexibility index (Phi) is 5.60. The zero-order valence-electron chi connectivity index (χ0n) is 18.1. The summed E-state index contributed by atoms with van der Waals surface area (Å²) in [7, 11) is 0. The maximum absolute atomic E-state index is 13.5. The molecule has 1 saturated heterocycles. The first kappa shape index (κ1) is 21.2. The maximum atomic E-state index is 13.5. The summed E-state index contributed by atoms with van der Waals surface area (Å²) in [5.41, 5.74) is 6.11. The van der Waals surface area contributed by atoms with E-state index < -0.39 is 5.92 Å². The highest BCUT2D eigenvalue weighted by Crippen LogP contribution is 2.30. The Morgan fingerprint density at radius 2 is 1.91 bits per heavy atom. The molecule has 0 amide bonds. The van der Waals surface area contributed by atoms with Crippen LogP contribution < -0.4 is 5.32 Å². The second kappa shape index (κ2) is 8.71. The van der Waals surface area contributed by atoms with Gasteiger partial charge in [0.2, 0.25) is 0 Å². The van der Waals surface area contributed by atoms with Crippen LogP contribution in [0.4, 0.5) is 14.5 Å². The summed E-state index contributed by atoms with van der Waals surface area (Å²) in [4.78, 5) is 10.6. The minimum Gasteiger partial charge on any atom is -0.353 e. The van der Waals surface area contributed by atoms with Crippen LogP contribution in [-0.2, 0) is 6.54 Å². The predicted octanol–water partition coefficient (Wildman–Crippen LogP) is 5.33. The molecule has 1 aromatic carbocycles. The van der Waals surface area contributed by atoms with Crippen LogP contribution in [0.1, 0.15) is 24.1 Å². The summed E-state index contributed by atoms with van der Waals surface area (Å²) in [6, 6.07) is 11.9. The average molecular weight is 447 g/mol. The molecule has 1 aliphatic heterocycles. The second-order valence-electron chi connectivity index (χ2n) is 8.39. The number of nitrogens with zero attached hydrogens (tertiary/aromatic N) is 4. The molecule has 5 rings (SSSR count). The zero-order chi connectivity index (χ0) is 22.8. The molecule has 2 N–H and O–H groups in total. The Morgan fingerprint density at radius 3 is 2.70 bits per heavy atom. The van der Waals surface area contributed by atoms with Gasteiger partial charge in [-0.1, -0.05) is 12.6 Å². The number of likely N-dealkylation sites (tertiary alicyclic amines) is 1. The summed E-state index contributed by atoms with van der Waals surface area (Å²) in [5.74, 6) is -2.54. The molecule has 0 bridgehead atoms. The van der Waals surface area contributed by atoms with E-state index in [0.717, 1.165) is 39.0 Å². The lowest BCUT2D eigenvalue weighted by Crippen LogP contribution is -2.38. The number of hydrogen-bond acceptors (Lipinski definition) is 5. The molecule has 4 aromatic rings. The number of aromatic amines is 1. The van der Waals surface area contributed by atoms with Crippen molar-refractivity contribution in [3.8, 4) is 11.1 Å². The molecule has 6 nitrogen and oxygen atoms in total. The van der Waals surface area contributed by atoms with E-state index in [0.29, 0.717) is 25.3 Å². The van der Waals surface area contributed by atoms with Crippen LogP contribution in [0.2, 0.25) is 0 Å². The quantitative estimate of drug-likeness (QED) is 0.419. The maximum Gasteiger partial charge on any atom is 0.250 e. The van der Waals surface area contributed by atoms with Crippen molar-refractivity contribution in [2.24, 2.45) is 0 Å². The monoisotopic (exact) mass is 446 g/mol. The Hall–Kier alpha value is -3.65. The van der Waals surface area contributed by atoms with Gasteiger partial charge in [-0.05, 0) is 41.5 Å². The number of anilines is 1. The van der Waals surface area contributed by atoms with Crippen LogP contribution in [0, 0.1) is 0 Å². The number of alkyl halides is 2. The second-order valence-corrected chi connectivity index (χ2v) is 8.39. The normalized spacial score (nSPS) is 16.1.